The third-order valence-corrected chi connectivity index (χ3v) is 8.87. The van der Waals surface area contributed by atoms with Gasteiger partial charge >= 0.3 is 0 Å². The number of fused-ring (bicyclic) bond motifs is 7. The van der Waals surface area contributed by atoms with Gasteiger partial charge in [0, 0.05) is 11.8 Å². The van der Waals surface area contributed by atoms with Crippen molar-refractivity contribution >= 4 is 12.1 Å². The Bertz CT molecular complexity index is 591. The van der Waals surface area contributed by atoms with Crippen LogP contribution in [0.25, 0.3) is 0 Å². The molecule has 24 heavy (non-hydrogen) atoms. The molecule has 5 aliphatic carbocycles. The number of hydrogen-bond donors (Lipinski definition) is 0. The number of ketones is 1. The molecule has 0 spiro atoms. The third-order valence-electron chi connectivity index (χ3n) is 8.87. The van der Waals surface area contributed by atoms with Gasteiger partial charge in [-0.1, -0.05) is 18.4 Å². The van der Waals surface area contributed by atoms with Crippen molar-refractivity contribution in [3.05, 3.63) is 11.6 Å². The summed E-state index contributed by atoms with van der Waals surface area (Å²) in [6, 6.07) is 0. The van der Waals surface area contributed by atoms with Gasteiger partial charge in [0.25, 0.3) is 0 Å². The molecule has 0 bridgehead atoms. The third kappa shape index (κ3) is 2.01. The average molecular weight is 326 g/mol. The number of aldehydes is 1. The van der Waals surface area contributed by atoms with E-state index < -0.39 is 0 Å². The van der Waals surface area contributed by atoms with E-state index in [1.54, 1.807) is 0 Å². The molecule has 0 N–H and O–H groups in total. The highest BCUT2D eigenvalue weighted by Crippen LogP contribution is 2.65. The highest BCUT2D eigenvalue weighted by molar-refractivity contribution is 5.91. The zero-order chi connectivity index (χ0) is 16.3. The SMILES string of the molecule is O=CC12CCCCC1CC1C3CCC4=CC(=O)CCC4C3CCC12. The zero-order valence-electron chi connectivity index (χ0n) is 14.7. The standard InChI is InChI=1S/C22H30O2/c23-13-22-10-2-1-3-15(22)12-20-19-6-4-14-11-16(24)5-7-17(14)18(19)8-9-21(20)22/h11,13,15,17-21H,1-10,12H2. The van der Waals surface area contributed by atoms with E-state index in [9.17, 15) is 9.59 Å². The van der Waals surface area contributed by atoms with Gasteiger partial charge in [-0.3, -0.25) is 4.79 Å². The maximum atomic E-state index is 12.2. The summed E-state index contributed by atoms with van der Waals surface area (Å²) in [6.45, 7) is 0. The summed E-state index contributed by atoms with van der Waals surface area (Å²) < 4.78 is 0. The fourth-order valence-corrected chi connectivity index (χ4v) is 7.99. The molecule has 2 nitrogen and oxygen atoms in total. The topological polar surface area (TPSA) is 34.1 Å². The van der Waals surface area contributed by atoms with Crippen molar-refractivity contribution in [1.82, 2.24) is 0 Å². The van der Waals surface area contributed by atoms with Gasteiger partial charge in [-0.2, -0.15) is 0 Å². The van der Waals surface area contributed by atoms with Crippen LogP contribution >= 0.6 is 0 Å². The number of hydrogen-bond acceptors (Lipinski definition) is 2. The summed E-state index contributed by atoms with van der Waals surface area (Å²) in [7, 11) is 0. The van der Waals surface area contributed by atoms with Crippen LogP contribution in [0.4, 0.5) is 0 Å². The maximum absolute atomic E-state index is 12.2. The van der Waals surface area contributed by atoms with Gasteiger partial charge in [0.05, 0.1) is 0 Å². The van der Waals surface area contributed by atoms with Crippen LogP contribution in [0.3, 0.4) is 0 Å². The molecular weight excluding hydrogens is 296 g/mol. The summed E-state index contributed by atoms with van der Waals surface area (Å²) in [5, 5.41) is 0. The second kappa shape index (κ2) is 5.54. The van der Waals surface area contributed by atoms with E-state index in [2.05, 4.69) is 0 Å². The molecule has 130 valence electrons. The Balaban J connectivity index is 1.45. The normalized spacial score (nSPS) is 50.2. The van der Waals surface area contributed by atoms with Gasteiger partial charge in [-0.05, 0) is 93.0 Å². The van der Waals surface area contributed by atoms with Crippen LogP contribution < -0.4 is 0 Å². The molecule has 0 aliphatic heterocycles. The molecule has 7 atom stereocenters. The van der Waals surface area contributed by atoms with E-state index in [1.807, 2.05) is 6.08 Å². The first-order chi connectivity index (χ1) is 11.7. The highest BCUT2D eigenvalue weighted by Gasteiger charge is 2.60. The molecule has 0 aromatic carbocycles. The summed E-state index contributed by atoms with van der Waals surface area (Å²) in [5.74, 6) is 4.86. The van der Waals surface area contributed by atoms with Crippen molar-refractivity contribution in [3.8, 4) is 0 Å². The Labute approximate surface area is 145 Å². The van der Waals surface area contributed by atoms with Gasteiger partial charge in [0.15, 0.2) is 5.78 Å². The molecule has 5 aliphatic rings. The van der Waals surface area contributed by atoms with Gasteiger partial charge in [-0.15, -0.1) is 0 Å². The van der Waals surface area contributed by atoms with E-state index in [0.717, 1.165) is 37.0 Å². The van der Waals surface area contributed by atoms with Gasteiger partial charge in [0.1, 0.15) is 6.29 Å². The van der Waals surface area contributed by atoms with Crippen LogP contribution in [-0.4, -0.2) is 12.1 Å². The van der Waals surface area contributed by atoms with Gasteiger partial charge in [0.2, 0.25) is 0 Å². The van der Waals surface area contributed by atoms with E-state index in [-0.39, 0.29) is 5.41 Å². The number of allylic oxidation sites excluding steroid dienone is 1. The minimum absolute atomic E-state index is 0.0481. The number of carbonyl (C=O) groups excluding carboxylic acids is 2. The lowest BCUT2D eigenvalue weighted by atomic mass is 9.53. The summed E-state index contributed by atoms with van der Waals surface area (Å²) in [6.07, 6.45) is 16.7. The van der Waals surface area contributed by atoms with Crippen molar-refractivity contribution in [2.45, 2.75) is 70.6 Å². The fourth-order valence-electron chi connectivity index (χ4n) is 7.99. The first-order valence-corrected chi connectivity index (χ1v) is 10.4. The Morgan fingerprint density at radius 1 is 0.958 bits per heavy atom. The van der Waals surface area contributed by atoms with E-state index >= 15 is 0 Å². The number of rotatable bonds is 1. The summed E-state index contributed by atoms with van der Waals surface area (Å²) >= 11 is 0. The van der Waals surface area contributed by atoms with Gasteiger partial charge < -0.3 is 4.79 Å². The van der Waals surface area contributed by atoms with Crippen LogP contribution in [0, 0.1) is 40.9 Å². The molecule has 2 heteroatoms. The molecule has 0 amide bonds. The van der Waals surface area contributed by atoms with Crippen molar-refractivity contribution in [1.29, 1.82) is 0 Å². The predicted molar refractivity (Wildman–Crippen MR) is 93.3 cm³/mol. The van der Waals surface area contributed by atoms with Crippen LogP contribution in [0.2, 0.25) is 0 Å². The lowest BCUT2D eigenvalue weighted by Crippen LogP contribution is -2.45. The summed E-state index contributed by atoms with van der Waals surface area (Å²) in [4.78, 5) is 24.0. The van der Waals surface area contributed by atoms with Crippen molar-refractivity contribution in [2.75, 3.05) is 0 Å². The second-order valence-electron chi connectivity index (χ2n) is 9.45. The van der Waals surface area contributed by atoms with Crippen molar-refractivity contribution in [3.63, 3.8) is 0 Å². The number of carbonyl (C=O) groups is 2. The molecule has 0 saturated heterocycles. The molecule has 4 fully saturated rings. The van der Waals surface area contributed by atoms with Crippen LogP contribution in [0.15, 0.2) is 11.6 Å². The monoisotopic (exact) mass is 326 g/mol. The Kier molecular flexibility index (Phi) is 3.54. The smallest absolute Gasteiger partial charge is 0.155 e. The minimum atomic E-state index is 0.0481. The molecule has 4 saturated carbocycles. The van der Waals surface area contributed by atoms with Crippen LogP contribution in [0.5, 0.6) is 0 Å². The largest absolute Gasteiger partial charge is 0.303 e. The molecule has 7 unspecified atom stereocenters. The molecule has 0 heterocycles. The van der Waals surface area contributed by atoms with Crippen LogP contribution in [-0.2, 0) is 9.59 Å². The fraction of sp³-hybridized carbons (Fsp3) is 0.818. The predicted octanol–water partition coefficient (Wildman–Crippen LogP) is 4.72. The Hall–Kier alpha value is -0.920. The van der Waals surface area contributed by atoms with Crippen LogP contribution in [0.1, 0.15) is 70.6 Å². The van der Waals surface area contributed by atoms with Crippen molar-refractivity contribution < 1.29 is 9.59 Å². The van der Waals surface area contributed by atoms with Crippen molar-refractivity contribution in [2.24, 2.45) is 40.9 Å². The molecule has 0 radical (unpaired) electrons. The molecular formula is C22H30O2. The first kappa shape index (κ1) is 15.3. The lowest BCUT2D eigenvalue weighted by Gasteiger charge is -2.51. The molecule has 0 aromatic rings. The quantitative estimate of drug-likeness (QED) is 0.653. The maximum Gasteiger partial charge on any atom is 0.155 e. The van der Waals surface area contributed by atoms with E-state index in [1.165, 1.54) is 63.2 Å². The first-order valence-electron chi connectivity index (χ1n) is 10.4. The van der Waals surface area contributed by atoms with Gasteiger partial charge in [-0.25, -0.2) is 0 Å². The average Bonchev–Trinajstić information content (AvgIpc) is 2.96. The zero-order valence-corrected chi connectivity index (χ0v) is 14.7. The Morgan fingerprint density at radius 3 is 2.75 bits per heavy atom. The molecule has 5 rings (SSSR count). The van der Waals surface area contributed by atoms with E-state index in [0.29, 0.717) is 23.5 Å². The Morgan fingerprint density at radius 2 is 1.88 bits per heavy atom. The molecule has 0 aromatic heterocycles. The highest BCUT2D eigenvalue weighted by atomic mass is 16.1. The lowest BCUT2D eigenvalue weighted by molar-refractivity contribution is -0.125. The van der Waals surface area contributed by atoms with E-state index in [4.69, 9.17) is 0 Å². The second-order valence-corrected chi connectivity index (χ2v) is 9.45. The minimum Gasteiger partial charge on any atom is -0.303 e. The summed E-state index contributed by atoms with van der Waals surface area (Å²) in [5.41, 5.74) is 1.53.